The molecule has 3 amide bonds. The van der Waals surface area contributed by atoms with Crippen molar-refractivity contribution in [1.29, 1.82) is 0 Å². The lowest BCUT2D eigenvalue weighted by Crippen LogP contribution is -2.56. The Bertz CT molecular complexity index is 1970. The van der Waals surface area contributed by atoms with Gasteiger partial charge in [0.05, 0.1) is 34.4 Å². The lowest BCUT2D eigenvalue weighted by molar-refractivity contribution is -0.142. The van der Waals surface area contributed by atoms with Gasteiger partial charge in [0.1, 0.15) is 11.9 Å². The number of β-amino-alcohol motifs (C(OH)–C–C–N with tert-alkyl or cyclic N) is 1. The fourth-order valence-corrected chi connectivity index (χ4v) is 9.10. The smallest absolute Gasteiger partial charge is 0.243 e. The lowest BCUT2D eigenvalue weighted by atomic mass is 9.85. The first-order valence-corrected chi connectivity index (χ1v) is 22.2. The van der Waals surface area contributed by atoms with Crippen LogP contribution in [0.5, 0.6) is 0 Å². The van der Waals surface area contributed by atoms with Gasteiger partial charge in [0.2, 0.25) is 17.7 Å². The molecular weight excluding hydrogens is 751 g/mol. The minimum atomic E-state index is -0.748. The van der Waals surface area contributed by atoms with Crippen LogP contribution in [0.2, 0.25) is 0 Å². The van der Waals surface area contributed by atoms with Crippen molar-refractivity contribution in [2.24, 2.45) is 5.41 Å². The second-order valence-electron chi connectivity index (χ2n) is 17.3. The van der Waals surface area contributed by atoms with Crippen molar-refractivity contribution >= 4 is 40.5 Å². The Morgan fingerprint density at radius 2 is 1.76 bits per heavy atom. The molecule has 5 N–H and O–H groups in total. The Labute approximate surface area is 347 Å². The zero-order chi connectivity index (χ0) is 41.2. The van der Waals surface area contributed by atoms with Crippen LogP contribution in [-0.2, 0) is 27.3 Å². The summed E-state index contributed by atoms with van der Waals surface area (Å²) in [6.07, 6.45) is 11.3. The summed E-state index contributed by atoms with van der Waals surface area (Å²) in [5.41, 5.74) is 6.40. The number of thiazole rings is 1. The summed E-state index contributed by atoms with van der Waals surface area (Å²) in [5, 5.41) is 28.4. The second-order valence-corrected chi connectivity index (χ2v) is 18.1. The number of likely N-dealkylation sites (tertiary alicyclic amines) is 1. The molecule has 1 saturated carbocycles. The summed E-state index contributed by atoms with van der Waals surface area (Å²) in [7, 11) is 0. The van der Waals surface area contributed by atoms with Crippen LogP contribution < -0.4 is 21.3 Å². The van der Waals surface area contributed by atoms with Crippen molar-refractivity contribution in [3.05, 3.63) is 65.1 Å². The summed E-state index contributed by atoms with van der Waals surface area (Å²) in [6, 6.07) is 11.3. The number of benzene rings is 1. The molecule has 14 heteroatoms. The molecule has 0 radical (unpaired) electrons. The maximum absolute atomic E-state index is 14.0. The van der Waals surface area contributed by atoms with Crippen molar-refractivity contribution in [1.82, 2.24) is 40.4 Å². The first-order valence-electron chi connectivity index (χ1n) is 21.3. The van der Waals surface area contributed by atoms with E-state index in [1.807, 2.05) is 68.1 Å². The molecule has 0 spiro atoms. The zero-order valence-corrected chi connectivity index (χ0v) is 35.7. The Balaban J connectivity index is 0.872. The predicted molar refractivity (Wildman–Crippen MR) is 229 cm³/mol. The van der Waals surface area contributed by atoms with E-state index in [1.54, 1.807) is 22.4 Å². The van der Waals surface area contributed by atoms with Gasteiger partial charge in [-0.25, -0.2) is 9.97 Å². The third kappa shape index (κ3) is 11.4. The van der Waals surface area contributed by atoms with Gasteiger partial charge < -0.3 is 31.3 Å². The molecule has 314 valence electrons. The molecule has 1 unspecified atom stereocenters. The number of anilines is 1. The van der Waals surface area contributed by atoms with Crippen LogP contribution in [0.25, 0.3) is 16.1 Å². The number of carbonyl (C=O) groups excluding carboxylic acids is 3. The van der Waals surface area contributed by atoms with Gasteiger partial charge >= 0.3 is 0 Å². The van der Waals surface area contributed by atoms with Gasteiger partial charge in [0, 0.05) is 55.8 Å². The summed E-state index contributed by atoms with van der Waals surface area (Å²) < 4.78 is 1.86. The van der Waals surface area contributed by atoms with E-state index < -0.39 is 23.6 Å². The molecular formula is C44H63N9O4S. The normalized spacial score (nSPS) is 20.1. The van der Waals surface area contributed by atoms with Gasteiger partial charge in [-0.2, -0.15) is 9.61 Å². The maximum Gasteiger partial charge on any atom is 0.243 e. The fraction of sp³-hybridized carbons (Fsp3) is 0.591. The lowest BCUT2D eigenvalue weighted by Gasteiger charge is -2.35. The molecule has 5 atom stereocenters. The second kappa shape index (κ2) is 20.0. The van der Waals surface area contributed by atoms with Crippen molar-refractivity contribution in [2.75, 3.05) is 18.4 Å². The third-order valence-electron chi connectivity index (χ3n) is 11.4. The van der Waals surface area contributed by atoms with Crippen molar-refractivity contribution in [2.45, 2.75) is 148 Å². The molecule has 4 heterocycles. The number of nitrogens with one attached hydrogen (secondary N) is 4. The number of aryl methyl sites for hydroxylation is 2. The van der Waals surface area contributed by atoms with Crippen molar-refractivity contribution < 1.29 is 19.5 Å². The SMILES string of the molecule is CCCc1cc(N[C@@H]2CC[C@@H](NC(=O)CCCCCCCNC(C(=O)N3C[C@H](O)C[C@H]3C(=O)NCc3ccc(-c4scnc4C)cc3)C(C)(C)C)C2)n2nccc2n1. The molecule has 1 aliphatic carbocycles. The molecule has 0 bridgehead atoms. The van der Waals surface area contributed by atoms with E-state index in [-0.39, 0.29) is 42.8 Å². The topological polar surface area (TPSA) is 166 Å². The fourth-order valence-electron chi connectivity index (χ4n) is 8.29. The van der Waals surface area contributed by atoms with E-state index >= 15 is 0 Å². The number of amides is 3. The Morgan fingerprint density at radius 1 is 1.00 bits per heavy atom. The average molecular weight is 814 g/mol. The highest BCUT2D eigenvalue weighted by Gasteiger charge is 2.43. The van der Waals surface area contributed by atoms with Crippen molar-refractivity contribution in [3.8, 4) is 10.4 Å². The Morgan fingerprint density at radius 3 is 2.50 bits per heavy atom. The molecule has 2 aliphatic rings. The van der Waals surface area contributed by atoms with Gasteiger partial charge in [0.15, 0.2) is 5.65 Å². The maximum atomic E-state index is 14.0. The summed E-state index contributed by atoms with van der Waals surface area (Å²) in [4.78, 5) is 51.9. The molecule has 3 aromatic heterocycles. The summed E-state index contributed by atoms with van der Waals surface area (Å²) in [6.45, 7) is 11.4. The Hall–Kier alpha value is -4.40. The van der Waals surface area contributed by atoms with Crippen LogP contribution in [0, 0.1) is 12.3 Å². The molecule has 1 aromatic carbocycles. The van der Waals surface area contributed by atoms with E-state index in [1.165, 1.54) is 0 Å². The highest BCUT2D eigenvalue weighted by molar-refractivity contribution is 7.13. The highest BCUT2D eigenvalue weighted by Crippen LogP contribution is 2.29. The number of hydrogen-bond acceptors (Lipinski definition) is 10. The quantitative estimate of drug-likeness (QED) is 0.0695. The monoisotopic (exact) mass is 813 g/mol. The van der Waals surface area contributed by atoms with Gasteiger partial charge in [-0.1, -0.05) is 77.6 Å². The van der Waals surface area contributed by atoms with E-state index in [0.717, 1.165) is 103 Å². The number of hydrogen-bond donors (Lipinski definition) is 5. The molecule has 6 rings (SSSR count). The average Bonchev–Trinajstić information content (AvgIpc) is 4.01. The standard InChI is InChI=1S/C44H63N9O4S/c1-6-12-32-24-38(53-37(49-32)20-22-48-53)50-33-18-19-34(23-33)51-39(55)13-10-8-7-9-11-21-45-41(44(3,4)5)43(57)52-27-35(54)25-36(52)42(56)46-26-30-14-16-31(17-15-30)40-29(2)47-28-58-40/h14-17,20,22,24,28,33-36,41,45,50,54H,6-13,18-19,21,23,25-27H2,1-5H3,(H,46,56)(H,51,55)/t33-,34-,35-,36+,41?/m1/s1. The first-order chi connectivity index (χ1) is 27.9. The molecule has 2 fully saturated rings. The number of unbranched alkanes of at least 4 members (excludes halogenated alkanes) is 4. The minimum absolute atomic E-state index is 0.123. The van der Waals surface area contributed by atoms with Crippen molar-refractivity contribution in [3.63, 3.8) is 0 Å². The van der Waals surface area contributed by atoms with Gasteiger partial charge in [-0.05, 0) is 68.5 Å². The summed E-state index contributed by atoms with van der Waals surface area (Å²) >= 11 is 1.60. The molecule has 58 heavy (non-hydrogen) atoms. The van der Waals surface area contributed by atoms with E-state index in [4.69, 9.17) is 4.98 Å². The van der Waals surface area contributed by atoms with Crippen LogP contribution in [0.4, 0.5) is 5.82 Å². The number of aliphatic hydroxyl groups is 1. The van der Waals surface area contributed by atoms with Crippen LogP contribution in [0.3, 0.4) is 0 Å². The van der Waals surface area contributed by atoms with Crippen LogP contribution in [0.1, 0.15) is 115 Å². The largest absolute Gasteiger partial charge is 0.391 e. The highest BCUT2D eigenvalue weighted by atomic mass is 32.1. The van der Waals surface area contributed by atoms with E-state index in [2.05, 4.69) is 44.3 Å². The van der Waals surface area contributed by atoms with E-state index in [9.17, 15) is 19.5 Å². The predicted octanol–water partition coefficient (Wildman–Crippen LogP) is 6.19. The summed E-state index contributed by atoms with van der Waals surface area (Å²) in [5.74, 6) is 0.676. The van der Waals surface area contributed by atoms with E-state index in [0.29, 0.717) is 19.5 Å². The van der Waals surface area contributed by atoms with Gasteiger partial charge in [-0.3, -0.25) is 14.4 Å². The molecule has 1 aliphatic heterocycles. The first kappa shape index (κ1) is 43.2. The van der Waals surface area contributed by atoms with Crippen LogP contribution in [-0.4, -0.2) is 90.7 Å². The number of carbonyl (C=O) groups is 3. The number of nitrogens with zero attached hydrogens (tertiary/aromatic N) is 5. The molecule has 1 saturated heterocycles. The van der Waals surface area contributed by atoms with Gasteiger partial charge in [0.25, 0.3) is 0 Å². The van der Waals surface area contributed by atoms with Crippen LogP contribution in [0.15, 0.2) is 48.1 Å². The third-order valence-corrected chi connectivity index (χ3v) is 12.4. The number of fused-ring (bicyclic) bond motifs is 1. The number of rotatable bonds is 19. The zero-order valence-electron chi connectivity index (χ0n) is 34.9. The number of aromatic nitrogens is 4. The molecule has 4 aromatic rings. The molecule has 13 nitrogen and oxygen atoms in total. The number of aliphatic hydroxyl groups excluding tert-OH is 1. The Kier molecular flexibility index (Phi) is 14.9. The minimum Gasteiger partial charge on any atom is -0.391 e. The van der Waals surface area contributed by atoms with Crippen LogP contribution >= 0.6 is 11.3 Å². The van der Waals surface area contributed by atoms with Gasteiger partial charge in [-0.15, -0.1) is 11.3 Å².